The van der Waals surface area contributed by atoms with Crippen molar-refractivity contribution in [2.75, 3.05) is 6.54 Å². The first kappa shape index (κ1) is 5.96. The Morgan fingerprint density at radius 1 is 1.60 bits per heavy atom. The van der Waals surface area contributed by atoms with Gasteiger partial charge in [0.25, 0.3) is 0 Å². The highest BCUT2D eigenvalue weighted by atomic mass is 15.0. The molecule has 0 aromatic carbocycles. The van der Waals surface area contributed by atoms with Crippen molar-refractivity contribution in [2.24, 2.45) is 4.99 Å². The lowest BCUT2D eigenvalue weighted by molar-refractivity contribution is 0.557. The Morgan fingerprint density at radius 3 is 3.50 bits per heavy atom. The summed E-state index contributed by atoms with van der Waals surface area (Å²) in [5.74, 6) is 0. The molecule has 0 fully saturated rings. The van der Waals surface area contributed by atoms with Crippen LogP contribution in [0.5, 0.6) is 0 Å². The molecule has 54 valence electrons. The summed E-state index contributed by atoms with van der Waals surface area (Å²) in [6.07, 6.45) is 8.04. The van der Waals surface area contributed by atoms with Crippen LogP contribution in [-0.2, 0) is 0 Å². The van der Waals surface area contributed by atoms with E-state index in [2.05, 4.69) is 16.4 Å². The van der Waals surface area contributed by atoms with E-state index in [1.165, 1.54) is 24.8 Å². The molecule has 1 aliphatic heterocycles. The van der Waals surface area contributed by atoms with Gasteiger partial charge < -0.3 is 5.32 Å². The smallest absolute Gasteiger partial charge is 0.0832 e. The molecule has 1 aliphatic carbocycles. The Kier molecular flexibility index (Phi) is 1.46. The molecule has 0 aromatic heterocycles. The van der Waals surface area contributed by atoms with Crippen molar-refractivity contribution in [3.05, 3.63) is 11.6 Å². The van der Waals surface area contributed by atoms with E-state index in [1.807, 2.05) is 6.34 Å². The van der Waals surface area contributed by atoms with Crippen LogP contribution < -0.4 is 5.32 Å². The summed E-state index contributed by atoms with van der Waals surface area (Å²) in [7, 11) is 0. The highest BCUT2D eigenvalue weighted by Crippen LogP contribution is 2.19. The molecule has 0 amide bonds. The third-order valence-electron chi connectivity index (χ3n) is 2.19. The summed E-state index contributed by atoms with van der Waals surface area (Å²) >= 11 is 0. The van der Waals surface area contributed by atoms with Crippen LogP contribution in [0.15, 0.2) is 16.6 Å². The van der Waals surface area contributed by atoms with Crippen LogP contribution in [0.4, 0.5) is 0 Å². The van der Waals surface area contributed by atoms with Gasteiger partial charge >= 0.3 is 0 Å². The monoisotopic (exact) mass is 136 g/mol. The molecule has 2 nitrogen and oxygen atoms in total. The SMILES string of the molecule is C1=NCC2=CCCCC2N1. The standard InChI is InChI=1S/C8H12N2/c1-2-4-8-7(3-1)5-9-6-10-8/h3,6,8H,1-2,4-5H2,(H,9,10). The number of nitrogens with one attached hydrogen (secondary N) is 1. The predicted octanol–water partition coefficient (Wildman–Crippen LogP) is 1.10. The molecule has 1 atom stereocenters. The predicted molar refractivity (Wildman–Crippen MR) is 42.2 cm³/mol. The Balaban J connectivity index is 2.17. The molecule has 10 heavy (non-hydrogen) atoms. The number of rotatable bonds is 0. The van der Waals surface area contributed by atoms with E-state index >= 15 is 0 Å². The van der Waals surface area contributed by atoms with Crippen molar-refractivity contribution in [1.82, 2.24) is 5.32 Å². The summed E-state index contributed by atoms with van der Waals surface area (Å²) in [5, 5.41) is 3.26. The van der Waals surface area contributed by atoms with Crippen molar-refractivity contribution in [3.8, 4) is 0 Å². The quantitative estimate of drug-likeness (QED) is 0.495. The van der Waals surface area contributed by atoms with Crippen molar-refractivity contribution in [2.45, 2.75) is 25.3 Å². The fourth-order valence-electron chi connectivity index (χ4n) is 1.60. The van der Waals surface area contributed by atoms with Gasteiger partial charge in [0, 0.05) is 6.04 Å². The maximum absolute atomic E-state index is 4.16. The molecule has 0 spiro atoms. The highest BCUT2D eigenvalue weighted by Gasteiger charge is 2.17. The lowest BCUT2D eigenvalue weighted by Crippen LogP contribution is -2.35. The largest absolute Gasteiger partial charge is 0.370 e. The van der Waals surface area contributed by atoms with E-state index in [-0.39, 0.29) is 0 Å². The molecule has 0 radical (unpaired) electrons. The molecule has 1 unspecified atom stereocenters. The third-order valence-corrected chi connectivity index (χ3v) is 2.19. The molecule has 2 heteroatoms. The molecule has 2 aliphatic rings. The number of fused-ring (bicyclic) bond motifs is 1. The number of allylic oxidation sites excluding steroid dienone is 1. The molecule has 0 saturated heterocycles. The molecule has 2 rings (SSSR count). The van der Waals surface area contributed by atoms with Gasteiger partial charge in [0.1, 0.15) is 0 Å². The number of nitrogens with zero attached hydrogens (tertiary/aromatic N) is 1. The first-order valence-corrected chi connectivity index (χ1v) is 3.90. The molecular weight excluding hydrogens is 124 g/mol. The molecule has 1 N–H and O–H groups in total. The second-order valence-electron chi connectivity index (χ2n) is 2.90. The Bertz CT molecular complexity index is 182. The van der Waals surface area contributed by atoms with Crippen molar-refractivity contribution in [1.29, 1.82) is 0 Å². The first-order valence-electron chi connectivity index (χ1n) is 3.90. The zero-order valence-corrected chi connectivity index (χ0v) is 6.01. The summed E-state index contributed by atoms with van der Waals surface area (Å²) in [6.45, 7) is 0.928. The lowest BCUT2D eigenvalue weighted by atomic mass is 9.94. The number of aliphatic imine (C=N–C) groups is 1. The third kappa shape index (κ3) is 0.939. The minimum Gasteiger partial charge on any atom is -0.370 e. The topological polar surface area (TPSA) is 24.4 Å². The Hall–Kier alpha value is -0.790. The average molecular weight is 136 g/mol. The van der Waals surface area contributed by atoms with Gasteiger partial charge in [-0.05, 0) is 24.8 Å². The van der Waals surface area contributed by atoms with E-state index < -0.39 is 0 Å². The van der Waals surface area contributed by atoms with Gasteiger partial charge in [0.15, 0.2) is 0 Å². The lowest BCUT2D eigenvalue weighted by Gasteiger charge is -2.26. The van der Waals surface area contributed by atoms with E-state index in [0.717, 1.165) is 6.54 Å². The van der Waals surface area contributed by atoms with Gasteiger partial charge in [-0.15, -0.1) is 0 Å². The highest BCUT2D eigenvalue weighted by molar-refractivity contribution is 5.58. The van der Waals surface area contributed by atoms with Gasteiger partial charge in [-0.25, -0.2) is 0 Å². The molecule has 0 bridgehead atoms. The van der Waals surface area contributed by atoms with Crippen LogP contribution >= 0.6 is 0 Å². The Labute approximate surface area is 61.0 Å². The van der Waals surface area contributed by atoms with Crippen LogP contribution in [0.1, 0.15) is 19.3 Å². The van der Waals surface area contributed by atoms with Gasteiger partial charge in [-0.1, -0.05) is 6.08 Å². The van der Waals surface area contributed by atoms with Gasteiger partial charge in [-0.3, -0.25) is 4.99 Å². The van der Waals surface area contributed by atoms with E-state index in [4.69, 9.17) is 0 Å². The first-order chi connectivity index (χ1) is 4.97. The maximum atomic E-state index is 4.16. The normalized spacial score (nSPS) is 30.4. The molecule has 1 heterocycles. The minimum atomic E-state index is 0.617. The van der Waals surface area contributed by atoms with Gasteiger partial charge in [0.05, 0.1) is 12.9 Å². The second-order valence-corrected chi connectivity index (χ2v) is 2.90. The Morgan fingerprint density at radius 2 is 2.60 bits per heavy atom. The van der Waals surface area contributed by atoms with Crippen LogP contribution in [0.25, 0.3) is 0 Å². The van der Waals surface area contributed by atoms with E-state index in [9.17, 15) is 0 Å². The van der Waals surface area contributed by atoms with Crippen molar-refractivity contribution < 1.29 is 0 Å². The fraction of sp³-hybridized carbons (Fsp3) is 0.625. The van der Waals surface area contributed by atoms with Crippen molar-refractivity contribution in [3.63, 3.8) is 0 Å². The molecule has 0 saturated carbocycles. The van der Waals surface area contributed by atoms with E-state index in [1.54, 1.807) is 0 Å². The summed E-state index contributed by atoms with van der Waals surface area (Å²) in [5.41, 5.74) is 1.49. The zero-order chi connectivity index (χ0) is 6.81. The van der Waals surface area contributed by atoms with Crippen LogP contribution in [0.2, 0.25) is 0 Å². The molecular formula is C8H12N2. The number of hydrogen-bond acceptors (Lipinski definition) is 2. The summed E-state index contributed by atoms with van der Waals surface area (Å²) in [4.78, 5) is 4.16. The zero-order valence-electron chi connectivity index (χ0n) is 6.01. The summed E-state index contributed by atoms with van der Waals surface area (Å²) < 4.78 is 0. The maximum Gasteiger partial charge on any atom is 0.0832 e. The number of hydrogen-bond donors (Lipinski definition) is 1. The van der Waals surface area contributed by atoms with Gasteiger partial charge in [-0.2, -0.15) is 0 Å². The van der Waals surface area contributed by atoms with Gasteiger partial charge in [0.2, 0.25) is 0 Å². The van der Waals surface area contributed by atoms with E-state index in [0.29, 0.717) is 6.04 Å². The fourth-order valence-corrected chi connectivity index (χ4v) is 1.60. The van der Waals surface area contributed by atoms with Crippen LogP contribution in [-0.4, -0.2) is 18.9 Å². The van der Waals surface area contributed by atoms with Crippen molar-refractivity contribution >= 4 is 6.34 Å². The van der Waals surface area contributed by atoms with Crippen LogP contribution in [0, 0.1) is 0 Å². The van der Waals surface area contributed by atoms with Crippen LogP contribution in [0.3, 0.4) is 0 Å². The molecule has 0 aromatic rings. The summed E-state index contributed by atoms with van der Waals surface area (Å²) in [6, 6.07) is 0.617. The average Bonchev–Trinajstić information content (AvgIpc) is 2.05. The second kappa shape index (κ2) is 2.45. The minimum absolute atomic E-state index is 0.617.